The quantitative estimate of drug-likeness (QED) is 0.595. The van der Waals surface area contributed by atoms with Gasteiger partial charge in [0.2, 0.25) is 0 Å². The fourth-order valence-corrected chi connectivity index (χ4v) is 1.74. The fraction of sp³-hybridized carbons (Fsp3) is 0.778. The molecule has 0 aliphatic heterocycles. The van der Waals surface area contributed by atoms with Crippen molar-refractivity contribution < 1.29 is 5.11 Å². The van der Waals surface area contributed by atoms with Crippen LogP contribution in [0.5, 0.6) is 0 Å². The highest BCUT2D eigenvalue weighted by Gasteiger charge is 2.40. The van der Waals surface area contributed by atoms with E-state index < -0.39 is 0 Å². The summed E-state index contributed by atoms with van der Waals surface area (Å²) in [6.45, 7) is 5.75. The van der Waals surface area contributed by atoms with Crippen LogP contribution in [0.2, 0.25) is 0 Å². The summed E-state index contributed by atoms with van der Waals surface area (Å²) in [5.41, 5.74) is 0.210. The van der Waals surface area contributed by atoms with Gasteiger partial charge in [0.05, 0.1) is 6.10 Å². The zero-order valence-corrected chi connectivity index (χ0v) is 6.64. The van der Waals surface area contributed by atoms with E-state index in [1.807, 2.05) is 0 Å². The van der Waals surface area contributed by atoms with Gasteiger partial charge in [-0.1, -0.05) is 19.4 Å². The third-order valence-electron chi connectivity index (χ3n) is 2.90. The van der Waals surface area contributed by atoms with Crippen LogP contribution in [0.1, 0.15) is 32.6 Å². The van der Waals surface area contributed by atoms with Gasteiger partial charge in [0.15, 0.2) is 0 Å². The van der Waals surface area contributed by atoms with Gasteiger partial charge in [-0.15, -0.1) is 6.58 Å². The molecule has 1 unspecified atom stereocenters. The molecule has 1 N–H and O–H groups in total. The minimum atomic E-state index is -0.272. The van der Waals surface area contributed by atoms with Gasteiger partial charge >= 0.3 is 0 Å². The van der Waals surface area contributed by atoms with E-state index in [4.69, 9.17) is 0 Å². The summed E-state index contributed by atoms with van der Waals surface area (Å²) < 4.78 is 0. The van der Waals surface area contributed by atoms with Crippen molar-refractivity contribution in [1.82, 2.24) is 0 Å². The molecule has 1 nitrogen and oxygen atoms in total. The molecule has 1 rings (SSSR count). The van der Waals surface area contributed by atoms with Crippen molar-refractivity contribution in [3.05, 3.63) is 12.7 Å². The second-order valence-corrected chi connectivity index (χ2v) is 3.25. The van der Waals surface area contributed by atoms with Crippen LogP contribution in [0.15, 0.2) is 12.7 Å². The Morgan fingerprint density at radius 3 is 2.40 bits per heavy atom. The normalized spacial score (nSPS) is 25.0. The van der Waals surface area contributed by atoms with E-state index >= 15 is 0 Å². The predicted octanol–water partition coefficient (Wildman–Crippen LogP) is 2.11. The van der Waals surface area contributed by atoms with Gasteiger partial charge in [0.25, 0.3) is 0 Å². The van der Waals surface area contributed by atoms with E-state index in [1.165, 1.54) is 19.3 Å². The first-order chi connectivity index (χ1) is 4.75. The summed E-state index contributed by atoms with van der Waals surface area (Å²) in [6, 6.07) is 0. The summed E-state index contributed by atoms with van der Waals surface area (Å²) in [4.78, 5) is 0. The standard InChI is InChI=1S/C9H16O/c1-3-8(10)9(4-2)6-5-7-9/h3,8,10H,1,4-7H2,2H3. The summed E-state index contributed by atoms with van der Waals surface area (Å²) in [6.07, 6.45) is 6.11. The molecular formula is C9H16O. The Bertz CT molecular complexity index is 119. The maximum atomic E-state index is 9.51. The van der Waals surface area contributed by atoms with Crippen LogP contribution in [0.4, 0.5) is 0 Å². The number of rotatable bonds is 3. The Hall–Kier alpha value is -0.300. The Morgan fingerprint density at radius 2 is 2.30 bits per heavy atom. The molecule has 0 aromatic carbocycles. The Morgan fingerprint density at radius 1 is 1.70 bits per heavy atom. The molecule has 1 aliphatic carbocycles. The summed E-state index contributed by atoms with van der Waals surface area (Å²) in [5.74, 6) is 0. The average Bonchev–Trinajstić information content (AvgIpc) is 1.86. The Balaban J connectivity index is 2.54. The highest BCUT2D eigenvalue weighted by molar-refractivity contribution is 4.99. The Kier molecular flexibility index (Phi) is 2.14. The van der Waals surface area contributed by atoms with Crippen LogP contribution in [0.3, 0.4) is 0 Å². The molecular weight excluding hydrogens is 124 g/mol. The third-order valence-corrected chi connectivity index (χ3v) is 2.90. The molecule has 1 fully saturated rings. The average molecular weight is 140 g/mol. The monoisotopic (exact) mass is 140 g/mol. The fourth-order valence-electron chi connectivity index (χ4n) is 1.74. The van der Waals surface area contributed by atoms with Crippen LogP contribution in [0.25, 0.3) is 0 Å². The number of aliphatic hydroxyl groups excluding tert-OH is 1. The van der Waals surface area contributed by atoms with Gasteiger partial charge in [0, 0.05) is 0 Å². The van der Waals surface area contributed by atoms with E-state index in [0.29, 0.717) is 0 Å². The molecule has 0 aromatic heterocycles. The zero-order valence-electron chi connectivity index (χ0n) is 6.64. The van der Waals surface area contributed by atoms with Gasteiger partial charge in [-0.05, 0) is 24.7 Å². The maximum absolute atomic E-state index is 9.51. The second-order valence-electron chi connectivity index (χ2n) is 3.25. The third kappa shape index (κ3) is 0.988. The summed E-state index contributed by atoms with van der Waals surface area (Å²) in [5, 5.41) is 9.51. The van der Waals surface area contributed by atoms with Crippen molar-refractivity contribution >= 4 is 0 Å². The lowest BCUT2D eigenvalue weighted by molar-refractivity contribution is -0.00808. The maximum Gasteiger partial charge on any atom is 0.0774 e. The largest absolute Gasteiger partial charge is 0.388 e. The van der Waals surface area contributed by atoms with Crippen molar-refractivity contribution in [3.8, 4) is 0 Å². The minimum absolute atomic E-state index is 0.210. The van der Waals surface area contributed by atoms with Crippen LogP contribution in [-0.2, 0) is 0 Å². The van der Waals surface area contributed by atoms with Crippen LogP contribution >= 0.6 is 0 Å². The zero-order chi connectivity index (χ0) is 7.61. The van der Waals surface area contributed by atoms with Crippen molar-refractivity contribution in [2.24, 2.45) is 5.41 Å². The van der Waals surface area contributed by atoms with Gasteiger partial charge < -0.3 is 5.11 Å². The summed E-state index contributed by atoms with van der Waals surface area (Å²) in [7, 11) is 0. The second kappa shape index (κ2) is 2.75. The number of hydrogen-bond donors (Lipinski definition) is 1. The van der Waals surface area contributed by atoms with Crippen LogP contribution < -0.4 is 0 Å². The first-order valence-electron chi connectivity index (χ1n) is 4.06. The highest BCUT2D eigenvalue weighted by Crippen LogP contribution is 2.46. The molecule has 1 atom stereocenters. The van der Waals surface area contributed by atoms with Gasteiger partial charge in [-0.2, -0.15) is 0 Å². The number of hydrogen-bond acceptors (Lipinski definition) is 1. The lowest BCUT2D eigenvalue weighted by atomic mass is 9.63. The van der Waals surface area contributed by atoms with Crippen molar-refractivity contribution in [2.45, 2.75) is 38.7 Å². The lowest BCUT2D eigenvalue weighted by Crippen LogP contribution is -2.39. The molecule has 0 spiro atoms. The Labute approximate surface area is 62.8 Å². The van der Waals surface area contributed by atoms with Gasteiger partial charge in [0.1, 0.15) is 0 Å². The molecule has 58 valence electrons. The topological polar surface area (TPSA) is 20.2 Å². The molecule has 10 heavy (non-hydrogen) atoms. The minimum Gasteiger partial charge on any atom is -0.388 e. The smallest absolute Gasteiger partial charge is 0.0774 e. The molecule has 0 radical (unpaired) electrons. The molecule has 0 amide bonds. The van der Waals surface area contributed by atoms with E-state index in [2.05, 4.69) is 13.5 Å². The number of aliphatic hydroxyl groups is 1. The van der Waals surface area contributed by atoms with E-state index in [1.54, 1.807) is 6.08 Å². The predicted molar refractivity (Wildman–Crippen MR) is 42.8 cm³/mol. The van der Waals surface area contributed by atoms with Crippen molar-refractivity contribution in [2.75, 3.05) is 0 Å². The molecule has 0 saturated heterocycles. The highest BCUT2D eigenvalue weighted by atomic mass is 16.3. The van der Waals surface area contributed by atoms with Crippen LogP contribution in [0, 0.1) is 5.41 Å². The van der Waals surface area contributed by atoms with E-state index in [-0.39, 0.29) is 11.5 Å². The lowest BCUT2D eigenvalue weighted by Gasteiger charge is -2.44. The molecule has 0 aromatic rings. The van der Waals surface area contributed by atoms with Crippen molar-refractivity contribution in [3.63, 3.8) is 0 Å². The molecule has 1 saturated carbocycles. The van der Waals surface area contributed by atoms with Crippen LogP contribution in [-0.4, -0.2) is 11.2 Å². The first-order valence-corrected chi connectivity index (χ1v) is 4.06. The SMILES string of the molecule is C=CC(O)C1(CC)CCC1. The van der Waals surface area contributed by atoms with E-state index in [9.17, 15) is 5.11 Å². The van der Waals surface area contributed by atoms with Crippen molar-refractivity contribution in [1.29, 1.82) is 0 Å². The molecule has 0 heterocycles. The van der Waals surface area contributed by atoms with Gasteiger partial charge in [-0.3, -0.25) is 0 Å². The summed E-state index contributed by atoms with van der Waals surface area (Å²) >= 11 is 0. The molecule has 0 bridgehead atoms. The van der Waals surface area contributed by atoms with E-state index in [0.717, 1.165) is 6.42 Å². The molecule has 1 aliphatic rings. The van der Waals surface area contributed by atoms with Gasteiger partial charge in [-0.25, -0.2) is 0 Å². The molecule has 1 heteroatoms. The first kappa shape index (κ1) is 7.80.